The second-order valence-electron chi connectivity index (χ2n) is 5.74. The van der Waals surface area contributed by atoms with Crippen LogP contribution in [0.3, 0.4) is 0 Å². The molecule has 2 rings (SSSR count). The van der Waals surface area contributed by atoms with Crippen LogP contribution in [0.1, 0.15) is 41.3 Å². The Morgan fingerprint density at radius 2 is 1.75 bits per heavy atom. The smallest absolute Gasteiger partial charge is 0.338 e. The Bertz CT molecular complexity index is 692. The number of carbonyl (C=O) groups excluding carboxylic acids is 2. The number of amides is 1. The Hall–Kier alpha value is -2.62. The standard InChI is InChI=1S/C20H23NO3/c1-3-4-8-16-10-12-17(13-11-16)21-19(22)14-24-20(23)18-9-6-5-7-15(18)2/h5-7,9-13H,3-4,8,14H2,1-2H3,(H,21,22). The summed E-state index contributed by atoms with van der Waals surface area (Å²) < 4.78 is 5.07. The minimum absolute atomic E-state index is 0.301. The summed E-state index contributed by atoms with van der Waals surface area (Å²) in [6.45, 7) is 3.69. The number of ether oxygens (including phenoxy) is 1. The molecular formula is C20H23NO3. The minimum Gasteiger partial charge on any atom is -0.452 e. The Morgan fingerprint density at radius 3 is 2.42 bits per heavy atom. The van der Waals surface area contributed by atoms with Crippen LogP contribution >= 0.6 is 0 Å². The van der Waals surface area contributed by atoms with E-state index in [1.807, 2.05) is 43.3 Å². The number of benzene rings is 2. The molecule has 0 saturated heterocycles. The molecule has 0 spiro atoms. The Morgan fingerprint density at radius 1 is 1.04 bits per heavy atom. The number of hydrogen-bond donors (Lipinski definition) is 1. The maximum absolute atomic E-state index is 12.0. The third-order valence-corrected chi connectivity index (χ3v) is 3.76. The van der Waals surface area contributed by atoms with E-state index >= 15 is 0 Å². The van der Waals surface area contributed by atoms with Crippen molar-refractivity contribution in [2.24, 2.45) is 0 Å². The van der Waals surface area contributed by atoms with Crippen LogP contribution in [0.25, 0.3) is 0 Å². The van der Waals surface area contributed by atoms with E-state index in [2.05, 4.69) is 12.2 Å². The van der Waals surface area contributed by atoms with Crippen molar-refractivity contribution < 1.29 is 14.3 Å². The van der Waals surface area contributed by atoms with Crippen molar-refractivity contribution in [3.8, 4) is 0 Å². The average molecular weight is 325 g/mol. The Balaban J connectivity index is 1.83. The monoisotopic (exact) mass is 325 g/mol. The Labute approximate surface area is 142 Å². The fourth-order valence-corrected chi connectivity index (χ4v) is 2.34. The first-order valence-corrected chi connectivity index (χ1v) is 8.21. The van der Waals surface area contributed by atoms with Crippen LogP contribution in [0.15, 0.2) is 48.5 Å². The van der Waals surface area contributed by atoms with Gasteiger partial charge >= 0.3 is 5.97 Å². The van der Waals surface area contributed by atoms with Crippen LogP contribution in [0.5, 0.6) is 0 Å². The predicted molar refractivity (Wildman–Crippen MR) is 95.1 cm³/mol. The van der Waals surface area contributed by atoms with Gasteiger partial charge in [-0.1, -0.05) is 43.7 Å². The van der Waals surface area contributed by atoms with Crippen LogP contribution in [-0.2, 0) is 16.0 Å². The van der Waals surface area contributed by atoms with Crippen LogP contribution in [0.4, 0.5) is 5.69 Å². The average Bonchev–Trinajstić information content (AvgIpc) is 2.59. The number of nitrogens with one attached hydrogen (secondary N) is 1. The summed E-state index contributed by atoms with van der Waals surface area (Å²) in [7, 11) is 0. The molecule has 0 aromatic heterocycles. The SMILES string of the molecule is CCCCc1ccc(NC(=O)COC(=O)c2ccccc2C)cc1. The van der Waals surface area contributed by atoms with Gasteiger partial charge in [-0.25, -0.2) is 4.79 Å². The zero-order valence-corrected chi connectivity index (χ0v) is 14.2. The predicted octanol–water partition coefficient (Wildman–Crippen LogP) is 4.13. The topological polar surface area (TPSA) is 55.4 Å². The molecule has 0 saturated carbocycles. The lowest BCUT2D eigenvalue weighted by molar-refractivity contribution is -0.119. The van der Waals surface area contributed by atoms with Crippen LogP contribution < -0.4 is 5.32 Å². The van der Waals surface area contributed by atoms with Gasteiger partial charge in [-0.3, -0.25) is 4.79 Å². The molecule has 0 heterocycles. The van der Waals surface area contributed by atoms with Crippen molar-refractivity contribution in [3.05, 3.63) is 65.2 Å². The van der Waals surface area contributed by atoms with Gasteiger partial charge in [0, 0.05) is 5.69 Å². The summed E-state index contributed by atoms with van der Waals surface area (Å²) in [5.41, 5.74) is 3.25. The molecule has 2 aromatic rings. The van der Waals surface area contributed by atoms with Crippen LogP contribution in [-0.4, -0.2) is 18.5 Å². The first-order valence-electron chi connectivity index (χ1n) is 8.21. The molecule has 0 unspecified atom stereocenters. The molecule has 0 bridgehead atoms. The molecule has 24 heavy (non-hydrogen) atoms. The summed E-state index contributed by atoms with van der Waals surface area (Å²) in [5.74, 6) is -0.837. The van der Waals surface area contributed by atoms with E-state index < -0.39 is 5.97 Å². The number of unbranched alkanes of at least 4 members (excludes halogenated alkanes) is 1. The summed E-state index contributed by atoms with van der Waals surface area (Å²) >= 11 is 0. The molecule has 0 aliphatic heterocycles. The minimum atomic E-state index is -0.488. The van der Waals surface area contributed by atoms with Crippen LogP contribution in [0.2, 0.25) is 0 Å². The highest BCUT2D eigenvalue weighted by Crippen LogP contribution is 2.12. The van der Waals surface area contributed by atoms with Crippen molar-refractivity contribution in [1.29, 1.82) is 0 Å². The van der Waals surface area contributed by atoms with Crippen molar-refractivity contribution in [3.63, 3.8) is 0 Å². The van der Waals surface area contributed by atoms with Gasteiger partial charge in [0.05, 0.1) is 5.56 Å². The molecule has 1 amide bonds. The van der Waals surface area contributed by atoms with Gasteiger partial charge in [-0.15, -0.1) is 0 Å². The van der Waals surface area contributed by atoms with Crippen molar-refractivity contribution >= 4 is 17.6 Å². The van der Waals surface area contributed by atoms with Gasteiger partial charge in [-0.2, -0.15) is 0 Å². The Kier molecular flexibility index (Phi) is 6.55. The molecule has 0 radical (unpaired) electrons. The molecule has 2 aromatic carbocycles. The third kappa shape index (κ3) is 5.23. The second-order valence-corrected chi connectivity index (χ2v) is 5.74. The lowest BCUT2D eigenvalue weighted by Gasteiger charge is -2.08. The van der Waals surface area contributed by atoms with Crippen LogP contribution in [0, 0.1) is 6.92 Å². The highest BCUT2D eigenvalue weighted by Gasteiger charge is 2.12. The molecule has 0 aliphatic rings. The van der Waals surface area contributed by atoms with Gasteiger partial charge < -0.3 is 10.1 Å². The first-order chi connectivity index (χ1) is 11.6. The molecule has 0 aliphatic carbocycles. The van der Waals surface area contributed by atoms with E-state index in [1.165, 1.54) is 5.56 Å². The molecule has 4 nitrogen and oxygen atoms in total. The number of carbonyl (C=O) groups is 2. The maximum atomic E-state index is 12.0. The quantitative estimate of drug-likeness (QED) is 0.779. The van der Waals surface area contributed by atoms with Crippen molar-refractivity contribution in [1.82, 2.24) is 0 Å². The fraction of sp³-hybridized carbons (Fsp3) is 0.300. The van der Waals surface area contributed by atoms with Gasteiger partial charge in [0.15, 0.2) is 6.61 Å². The zero-order chi connectivity index (χ0) is 17.4. The molecule has 4 heteroatoms. The third-order valence-electron chi connectivity index (χ3n) is 3.76. The van der Waals surface area contributed by atoms with E-state index in [0.29, 0.717) is 11.3 Å². The highest BCUT2D eigenvalue weighted by molar-refractivity contribution is 5.96. The number of anilines is 1. The molecular weight excluding hydrogens is 302 g/mol. The maximum Gasteiger partial charge on any atom is 0.338 e. The van der Waals surface area contributed by atoms with Gasteiger partial charge in [-0.05, 0) is 49.1 Å². The molecule has 0 atom stereocenters. The van der Waals surface area contributed by atoms with E-state index in [-0.39, 0.29) is 12.5 Å². The number of esters is 1. The lowest BCUT2D eigenvalue weighted by atomic mass is 10.1. The summed E-state index contributed by atoms with van der Waals surface area (Å²) in [6, 6.07) is 14.9. The van der Waals surface area contributed by atoms with Crippen molar-refractivity contribution in [2.75, 3.05) is 11.9 Å². The van der Waals surface area contributed by atoms with E-state index in [4.69, 9.17) is 4.74 Å². The van der Waals surface area contributed by atoms with E-state index in [1.54, 1.807) is 12.1 Å². The highest BCUT2D eigenvalue weighted by atomic mass is 16.5. The number of hydrogen-bond acceptors (Lipinski definition) is 3. The van der Waals surface area contributed by atoms with Gasteiger partial charge in [0.2, 0.25) is 0 Å². The number of aryl methyl sites for hydroxylation is 2. The van der Waals surface area contributed by atoms with E-state index in [9.17, 15) is 9.59 Å². The number of rotatable bonds is 7. The summed E-state index contributed by atoms with van der Waals surface area (Å²) in [6.07, 6.45) is 3.35. The van der Waals surface area contributed by atoms with E-state index in [0.717, 1.165) is 24.8 Å². The first kappa shape index (κ1) is 17.7. The molecule has 0 fully saturated rings. The van der Waals surface area contributed by atoms with Gasteiger partial charge in [0.25, 0.3) is 5.91 Å². The molecule has 1 N–H and O–H groups in total. The molecule has 126 valence electrons. The normalized spacial score (nSPS) is 10.2. The summed E-state index contributed by atoms with van der Waals surface area (Å²) in [5, 5.41) is 2.73. The zero-order valence-electron chi connectivity index (χ0n) is 14.2. The summed E-state index contributed by atoms with van der Waals surface area (Å²) in [4.78, 5) is 23.9. The van der Waals surface area contributed by atoms with Crippen molar-refractivity contribution in [2.45, 2.75) is 33.1 Å². The second kappa shape index (κ2) is 8.87. The lowest BCUT2D eigenvalue weighted by Crippen LogP contribution is -2.21. The van der Waals surface area contributed by atoms with Gasteiger partial charge in [0.1, 0.15) is 0 Å². The largest absolute Gasteiger partial charge is 0.452 e. The fourth-order valence-electron chi connectivity index (χ4n) is 2.34.